The number of hydrogen-bond acceptors (Lipinski definition) is 8. The zero-order valence-electron chi connectivity index (χ0n) is 23.7. The molecule has 1 aliphatic heterocycles. The fourth-order valence-electron chi connectivity index (χ4n) is 3.75. The minimum atomic E-state index is -0.632. The fourth-order valence-corrected chi connectivity index (χ4v) is 3.75. The lowest BCUT2D eigenvalue weighted by Gasteiger charge is -2.33. The summed E-state index contributed by atoms with van der Waals surface area (Å²) >= 11 is 0. The standard InChI is InChI=1S/C27H47NO8.CH4/c1-19(25(4,5)18-29)23(33)35-27(8,9)14-10-13-26(6,7)34-16-15-24(2,3)17-22(32)36-28-20(30)11-12-21(28)31;/h19,29H,10-18H2,1-9H3;1H4. The SMILES string of the molecule is C.CC(C(=O)OC(C)(C)CCCC(C)(C)OCCC(C)(C)CC(=O)ON1C(=O)CCC1=O)C(C)(C)CO. The highest BCUT2D eigenvalue weighted by atomic mass is 16.7. The predicted octanol–water partition coefficient (Wildman–Crippen LogP) is 4.98. The molecule has 1 N–H and O–H groups in total. The zero-order valence-corrected chi connectivity index (χ0v) is 23.7. The number of hydrogen-bond donors (Lipinski definition) is 1. The molecule has 2 amide bonds. The maximum Gasteiger partial charge on any atom is 0.333 e. The molecule has 0 saturated carbocycles. The number of carbonyl (C=O) groups is 4. The van der Waals surface area contributed by atoms with Crippen molar-refractivity contribution < 1.29 is 38.6 Å². The van der Waals surface area contributed by atoms with Crippen molar-refractivity contribution in [3.63, 3.8) is 0 Å². The summed E-state index contributed by atoms with van der Waals surface area (Å²) in [5.74, 6) is -2.32. The first-order chi connectivity index (χ1) is 16.3. The summed E-state index contributed by atoms with van der Waals surface area (Å²) in [7, 11) is 0. The lowest BCUT2D eigenvalue weighted by atomic mass is 9.81. The van der Waals surface area contributed by atoms with Gasteiger partial charge in [-0.3, -0.25) is 14.4 Å². The topological polar surface area (TPSA) is 119 Å². The summed E-state index contributed by atoms with van der Waals surface area (Å²) in [4.78, 5) is 53.0. The van der Waals surface area contributed by atoms with Crippen LogP contribution in [0, 0.1) is 16.7 Å². The number of amides is 2. The van der Waals surface area contributed by atoms with E-state index in [4.69, 9.17) is 14.3 Å². The van der Waals surface area contributed by atoms with Gasteiger partial charge in [0.15, 0.2) is 0 Å². The second-order valence-electron chi connectivity index (χ2n) is 12.6. The molecule has 0 aromatic rings. The van der Waals surface area contributed by atoms with Gasteiger partial charge in [-0.2, -0.15) is 0 Å². The van der Waals surface area contributed by atoms with E-state index < -0.39 is 45.7 Å². The molecule has 1 saturated heterocycles. The molecule has 0 radical (unpaired) electrons. The number of esters is 1. The summed E-state index contributed by atoms with van der Waals surface area (Å²) in [6, 6.07) is 0. The Morgan fingerprint density at radius 1 is 0.919 bits per heavy atom. The Hall–Kier alpha value is -2.00. The van der Waals surface area contributed by atoms with Gasteiger partial charge in [-0.25, -0.2) is 4.79 Å². The average Bonchev–Trinajstić information content (AvgIpc) is 3.03. The van der Waals surface area contributed by atoms with Crippen molar-refractivity contribution >= 4 is 23.8 Å². The molecule has 1 fully saturated rings. The average molecular weight is 530 g/mol. The van der Waals surface area contributed by atoms with Gasteiger partial charge in [-0.1, -0.05) is 42.0 Å². The number of carbonyl (C=O) groups excluding carboxylic acids is 4. The Labute approximate surface area is 223 Å². The highest BCUT2D eigenvalue weighted by Gasteiger charge is 2.36. The largest absolute Gasteiger partial charge is 0.459 e. The van der Waals surface area contributed by atoms with Crippen molar-refractivity contribution in [1.29, 1.82) is 0 Å². The van der Waals surface area contributed by atoms with Gasteiger partial charge in [0.1, 0.15) is 5.60 Å². The summed E-state index contributed by atoms with van der Waals surface area (Å²) < 4.78 is 11.8. The maximum absolute atomic E-state index is 12.5. The van der Waals surface area contributed by atoms with Crippen LogP contribution in [-0.2, 0) is 33.5 Å². The van der Waals surface area contributed by atoms with Gasteiger partial charge in [-0.15, -0.1) is 5.06 Å². The minimum Gasteiger partial charge on any atom is -0.459 e. The first kappa shape index (κ1) is 35.0. The van der Waals surface area contributed by atoms with E-state index in [0.717, 1.165) is 12.8 Å². The zero-order chi connectivity index (χ0) is 27.9. The van der Waals surface area contributed by atoms with E-state index in [2.05, 4.69) is 0 Å². The van der Waals surface area contributed by atoms with Crippen LogP contribution in [0.3, 0.4) is 0 Å². The maximum atomic E-state index is 12.5. The number of aliphatic hydroxyl groups is 1. The molecule has 1 rings (SSSR count). The number of rotatable bonds is 15. The monoisotopic (exact) mass is 529 g/mol. The highest BCUT2D eigenvalue weighted by Crippen LogP contribution is 2.31. The van der Waals surface area contributed by atoms with Crippen LogP contribution in [0.1, 0.15) is 115 Å². The van der Waals surface area contributed by atoms with E-state index in [1.54, 1.807) is 6.92 Å². The van der Waals surface area contributed by atoms with Gasteiger partial charge in [0.05, 0.1) is 17.9 Å². The Balaban J connectivity index is 0.0000130. The van der Waals surface area contributed by atoms with E-state index in [9.17, 15) is 24.3 Å². The number of aliphatic hydroxyl groups excluding tert-OH is 1. The van der Waals surface area contributed by atoms with Crippen LogP contribution in [0.2, 0.25) is 0 Å². The number of ether oxygens (including phenoxy) is 2. The third-order valence-corrected chi connectivity index (χ3v) is 6.96. The Kier molecular flexibility index (Phi) is 13.0. The van der Waals surface area contributed by atoms with Crippen molar-refractivity contribution in [3.8, 4) is 0 Å². The number of hydroxylamine groups is 2. The summed E-state index contributed by atoms with van der Waals surface area (Å²) in [5, 5.41) is 10.1. The second-order valence-corrected chi connectivity index (χ2v) is 12.6. The van der Waals surface area contributed by atoms with Crippen molar-refractivity contribution in [2.45, 2.75) is 126 Å². The summed E-state index contributed by atoms with van der Waals surface area (Å²) in [5.41, 5.74) is -2.02. The van der Waals surface area contributed by atoms with Crippen molar-refractivity contribution in [1.82, 2.24) is 5.06 Å². The molecule has 1 atom stereocenters. The smallest absolute Gasteiger partial charge is 0.333 e. The summed E-state index contributed by atoms with van der Waals surface area (Å²) in [6.45, 7) is 17.4. The molecule has 216 valence electrons. The lowest BCUT2D eigenvalue weighted by molar-refractivity contribution is -0.199. The molecular weight excluding hydrogens is 478 g/mol. The third-order valence-electron chi connectivity index (χ3n) is 6.96. The van der Waals surface area contributed by atoms with Crippen LogP contribution in [0.25, 0.3) is 0 Å². The van der Waals surface area contributed by atoms with Crippen molar-refractivity contribution in [2.75, 3.05) is 13.2 Å². The Morgan fingerprint density at radius 3 is 1.95 bits per heavy atom. The molecule has 9 heteroatoms. The molecule has 9 nitrogen and oxygen atoms in total. The van der Waals surface area contributed by atoms with Crippen LogP contribution < -0.4 is 0 Å². The Morgan fingerprint density at radius 2 is 1.43 bits per heavy atom. The van der Waals surface area contributed by atoms with E-state index in [0.29, 0.717) is 24.5 Å². The van der Waals surface area contributed by atoms with Gasteiger partial charge in [0.25, 0.3) is 11.8 Å². The van der Waals surface area contributed by atoms with E-state index in [1.165, 1.54) is 0 Å². The molecule has 0 aliphatic carbocycles. The number of imide groups is 1. The van der Waals surface area contributed by atoms with Crippen molar-refractivity contribution in [2.24, 2.45) is 16.7 Å². The van der Waals surface area contributed by atoms with E-state index in [1.807, 2.05) is 55.4 Å². The quantitative estimate of drug-likeness (QED) is 0.233. The van der Waals surface area contributed by atoms with Crippen LogP contribution >= 0.6 is 0 Å². The summed E-state index contributed by atoms with van der Waals surface area (Å²) in [6.07, 6.45) is 3.00. The highest BCUT2D eigenvalue weighted by molar-refractivity contribution is 6.01. The molecular formula is C28H51NO8. The molecule has 1 aliphatic rings. The minimum absolute atomic E-state index is 0. The normalized spacial score (nSPS) is 15.9. The third kappa shape index (κ3) is 11.9. The molecule has 0 aromatic heterocycles. The first-order valence-corrected chi connectivity index (χ1v) is 12.9. The molecule has 37 heavy (non-hydrogen) atoms. The van der Waals surface area contributed by atoms with Gasteiger partial charge in [0.2, 0.25) is 0 Å². The molecule has 1 heterocycles. The second kappa shape index (κ2) is 13.7. The molecule has 0 spiro atoms. The first-order valence-electron chi connectivity index (χ1n) is 12.9. The molecule has 0 bridgehead atoms. The number of nitrogens with zero attached hydrogens (tertiary/aromatic N) is 1. The van der Waals surface area contributed by atoms with Crippen LogP contribution in [0.15, 0.2) is 0 Å². The molecule has 1 unspecified atom stereocenters. The van der Waals surface area contributed by atoms with Crippen LogP contribution in [0.4, 0.5) is 0 Å². The predicted molar refractivity (Wildman–Crippen MR) is 141 cm³/mol. The van der Waals surface area contributed by atoms with Crippen LogP contribution in [0.5, 0.6) is 0 Å². The fraction of sp³-hybridized carbons (Fsp3) is 0.857. The van der Waals surface area contributed by atoms with Gasteiger partial charge < -0.3 is 19.4 Å². The van der Waals surface area contributed by atoms with Crippen molar-refractivity contribution in [3.05, 3.63) is 0 Å². The van der Waals surface area contributed by atoms with Gasteiger partial charge >= 0.3 is 11.9 Å². The Bertz CT molecular complexity index is 784. The van der Waals surface area contributed by atoms with Gasteiger partial charge in [0, 0.05) is 31.5 Å². The van der Waals surface area contributed by atoms with Gasteiger partial charge in [-0.05, 0) is 58.8 Å². The van der Waals surface area contributed by atoms with Crippen LogP contribution in [-0.4, -0.2) is 58.3 Å². The molecule has 0 aromatic carbocycles. The van der Waals surface area contributed by atoms with E-state index in [-0.39, 0.29) is 39.3 Å². The lowest BCUT2D eigenvalue weighted by Crippen LogP contribution is -2.38. The van der Waals surface area contributed by atoms with E-state index >= 15 is 0 Å².